The lowest BCUT2D eigenvalue weighted by atomic mass is 9.91. The van der Waals surface area contributed by atoms with Gasteiger partial charge in [0.2, 0.25) is 0 Å². The molecule has 0 spiro atoms. The summed E-state index contributed by atoms with van der Waals surface area (Å²) in [7, 11) is 0. The minimum Gasteiger partial charge on any atom is -0.350 e. The van der Waals surface area contributed by atoms with E-state index in [4.69, 9.17) is 0 Å². The zero-order chi connectivity index (χ0) is 17.3. The fraction of sp³-hybridized carbons (Fsp3) is 0.368. The molecule has 2 aromatic rings. The highest BCUT2D eigenvalue weighted by atomic mass is 19.3. The molecule has 0 unspecified atom stereocenters. The van der Waals surface area contributed by atoms with E-state index in [0.717, 1.165) is 16.5 Å². The summed E-state index contributed by atoms with van der Waals surface area (Å²) in [4.78, 5) is 17.2. The van der Waals surface area contributed by atoms with Crippen molar-refractivity contribution in [1.29, 1.82) is 0 Å². The Morgan fingerprint density at radius 2 is 2.04 bits per heavy atom. The summed E-state index contributed by atoms with van der Waals surface area (Å²) in [5.74, 6) is -2.89. The van der Waals surface area contributed by atoms with Gasteiger partial charge in [0, 0.05) is 24.3 Å². The molecule has 24 heavy (non-hydrogen) atoms. The molecule has 5 heteroatoms. The standard InChI is InChI=1S/C19H20F2N2O/c1-12(2)22-18(24)15-11-14-5-3-4-6-16(14)23-17(15)13-7-9-19(20,21)10-8-13/h3-7,11-12H,8-10H2,1-2H3,(H,22,24). The summed E-state index contributed by atoms with van der Waals surface area (Å²) >= 11 is 0. The first-order valence-electron chi connectivity index (χ1n) is 8.13. The molecule has 0 atom stereocenters. The average Bonchev–Trinajstić information content (AvgIpc) is 2.53. The van der Waals surface area contributed by atoms with Gasteiger partial charge in [-0.3, -0.25) is 4.79 Å². The molecule has 1 aliphatic carbocycles. The van der Waals surface area contributed by atoms with E-state index in [2.05, 4.69) is 10.3 Å². The number of pyridine rings is 1. The van der Waals surface area contributed by atoms with E-state index in [0.29, 0.717) is 11.3 Å². The van der Waals surface area contributed by atoms with Crippen LogP contribution in [0.4, 0.5) is 8.78 Å². The van der Waals surface area contributed by atoms with Crippen LogP contribution >= 0.6 is 0 Å². The normalized spacial score (nSPS) is 17.0. The topological polar surface area (TPSA) is 42.0 Å². The number of rotatable bonds is 3. The Morgan fingerprint density at radius 1 is 1.29 bits per heavy atom. The zero-order valence-corrected chi connectivity index (χ0v) is 13.8. The van der Waals surface area contributed by atoms with Gasteiger partial charge in [-0.1, -0.05) is 24.3 Å². The minimum atomic E-state index is -2.67. The molecule has 1 heterocycles. The van der Waals surface area contributed by atoms with Crippen molar-refractivity contribution in [3.05, 3.63) is 47.7 Å². The second kappa shape index (κ2) is 6.30. The Kier molecular flexibility index (Phi) is 4.35. The molecule has 1 aromatic carbocycles. The molecular formula is C19H20F2N2O. The maximum atomic E-state index is 13.4. The molecule has 1 aromatic heterocycles. The molecule has 0 saturated heterocycles. The largest absolute Gasteiger partial charge is 0.350 e. The van der Waals surface area contributed by atoms with E-state index >= 15 is 0 Å². The minimum absolute atomic E-state index is 0.0125. The van der Waals surface area contributed by atoms with Gasteiger partial charge in [0.25, 0.3) is 11.8 Å². The fourth-order valence-electron chi connectivity index (χ4n) is 2.88. The van der Waals surface area contributed by atoms with Crippen molar-refractivity contribution >= 4 is 22.4 Å². The van der Waals surface area contributed by atoms with Gasteiger partial charge in [0.05, 0.1) is 16.8 Å². The molecule has 126 valence electrons. The third-order valence-corrected chi connectivity index (χ3v) is 4.10. The second-order valence-corrected chi connectivity index (χ2v) is 6.49. The van der Waals surface area contributed by atoms with E-state index in [9.17, 15) is 13.6 Å². The highest BCUT2D eigenvalue weighted by molar-refractivity contribution is 6.02. The summed E-state index contributed by atoms with van der Waals surface area (Å²) in [5.41, 5.74) is 2.44. The van der Waals surface area contributed by atoms with Crippen molar-refractivity contribution in [2.45, 2.75) is 45.1 Å². The summed E-state index contributed by atoms with van der Waals surface area (Å²) in [6.07, 6.45) is 1.23. The van der Waals surface area contributed by atoms with Gasteiger partial charge in [-0.2, -0.15) is 0 Å². The van der Waals surface area contributed by atoms with Crippen molar-refractivity contribution in [2.75, 3.05) is 0 Å². The number of hydrogen-bond donors (Lipinski definition) is 1. The summed E-state index contributed by atoms with van der Waals surface area (Å²) < 4.78 is 26.9. The van der Waals surface area contributed by atoms with Crippen LogP contribution < -0.4 is 5.32 Å². The Bertz CT molecular complexity index is 812. The van der Waals surface area contributed by atoms with Gasteiger partial charge in [-0.25, -0.2) is 13.8 Å². The van der Waals surface area contributed by atoms with Crippen LogP contribution in [0.2, 0.25) is 0 Å². The van der Waals surface area contributed by atoms with Crippen LogP contribution in [-0.4, -0.2) is 22.9 Å². The lowest BCUT2D eigenvalue weighted by molar-refractivity contribution is -0.00605. The highest BCUT2D eigenvalue weighted by Crippen LogP contribution is 2.37. The molecule has 0 radical (unpaired) electrons. The van der Waals surface area contributed by atoms with Crippen LogP contribution in [0.3, 0.4) is 0 Å². The van der Waals surface area contributed by atoms with Crippen LogP contribution in [0.1, 0.15) is 49.2 Å². The molecule has 1 amide bonds. The Hall–Kier alpha value is -2.30. The van der Waals surface area contributed by atoms with Crippen LogP contribution in [0.5, 0.6) is 0 Å². The number of carbonyl (C=O) groups is 1. The molecule has 3 nitrogen and oxygen atoms in total. The van der Waals surface area contributed by atoms with Crippen LogP contribution in [-0.2, 0) is 0 Å². The van der Waals surface area contributed by atoms with E-state index in [-0.39, 0.29) is 31.2 Å². The lowest BCUT2D eigenvalue weighted by Crippen LogP contribution is -2.31. The maximum absolute atomic E-state index is 13.4. The number of nitrogens with zero attached hydrogens (tertiary/aromatic N) is 1. The van der Waals surface area contributed by atoms with Crippen LogP contribution in [0.15, 0.2) is 36.4 Å². The quantitative estimate of drug-likeness (QED) is 0.895. The van der Waals surface area contributed by atoms with Crippen LogP contribution in [0.25, 0.3) is 16.5 Å². The molecule has 3 rings (SSSR count). The molecule has 1 N–H and O–H groups in total. The average molecular weight is 330 g/mol. The maximum Gasteiger partial charge on any atom is 0.253 e. The van der Waals surface area contributed by atoms with E-state index in [1.807, 2.05) is 38.1 Å². The fourth-order valence-corrected chi connectivity index (χ4v) is 2.88. The Morgan fingerprint density at radius 3 is 2.71 bits per heavy atom. The number of alkyl halides is 2. The highest BCUT2D eigenvalue weighted by Gasteiger charge is 2.32. The number of allylic oxidation sites excluding steroid dienone is 2. The first kappa shape index (κ1) is 16.6. The number of para-hydroxylation sites is 1. The predicted octanol–water partition coefficient (Wildman–Crippen LogP) is 4.58. The number of amides is 1. The number of halogens is 2. The number of nitrogens with one attached hydrogen (secondary N) is 1. The van der Waals surface area contributed by atoms with Gasteiger partial charge in [0.1, 0.15) is 0 Å². The number of benzene rings is 1. The van der Waals surface area contributed by atoms with Gasteiger partial charge < -0.3 is 5.32 Å². The second-order valence-electron chi connectivity index (χ2n) is 6.49. The first-order chi connectivity index (χ1) is 11.4. The van der Waals surface area contributed by atoms with Gasteiger partial charge in [0.15, 0.2) is 0 Å². The lowest BCUT2D eigenvalue weighted by Gasteiger charge is -2.22. The van der Waals surface area contributed by atoms with E-state index < -0.39 is 5.92 Å². The molecule has 0 aliphatic heterocycles. The van der Waals surface area contributed by atoms with Crippen molar-refractivity contribution in [3.8, 4) is 0 Å². The summed E-state index contributed by atoms with van der Waals surface area (Å²) in [6, 6.07) is 9.29. The number of fused-ring (bicyclic) bond motifs is 1. The summed E-state index contributed by atoms with van der Waals surface area (Å²) in [5, 5.41) is 3.72. The van der Waals surface area contributed by atoms with E-state index in [1.165, 1.54) is 6.08 Å². The monoisotopic (exact) mass is 330 g/mol. The SMILES string of the molecule is CC(C)NC(=O)c1cc2ccccc2nc1C1=CCC(F)(F)CC1. The Balaban J connectivity index is 2.10. The van der Waals surface area contributed by atoms with Crippen molar-refractivity contribution in [1.82, 2.24) is 10.3 Å². The first-order valence-corrected chi connectivity index (χ1v) is 8.13. The number of hydrogen-bond acceptors (Lipinski definition) is 2. The van der Waals surface area contributed by atoms with Crippen LogP contribution in [0, 0.1) is 0 Å². The third-order valence-electron chi connectivity index (χ3n) is 4.10. The van der Waals surface area contributed by atoms with Crippen molar-refractivity contribution < 1.29 is 13.6 Å². The Labute approximate surface area is 139 Å². The molecule has 1 aliphatic rings. The number of aromatic nitrogens is 1. The van der Waals surface area contributed by atoms with E-state index in [1.54, 1.807) is 6.07 Å². The summed E-state index contributed by atoms with van der Waals surface area (Å²) in [6.45, 7) is 3.76. The molecule has 0 saturated carbocycles. The smallest absolute Gasteiger partial charge is 0.253 e. The van der Waals surface area contributed by atoms with Crippen molar-refractivity contribution in [2.24, 2.45) is 0 Å². The van der Waals surface area contributed by atoms with Crippen molar-refractivity contribution in [3.63, 3.8) is 0 Å². The molecule has 0 bridgehead atoms. The van der Waals surface area contributed by atoms with Gasteiger partial charge >= 0.3 is 0 Å². The van der Waals surface area contributed by atoms with Gasteiger partial charge in [-0.15, -0.1) is 0 Å². The molecule has 0 fully saturated rings. The zero-order valence-electron chi connectivity index (χ0n) is 13.8. The predicted molar refractivity (Wildman–Crippen MR) is 91.1 cm³/mol. The van der Waals surface area contributed by atoms with Gasteiger partial charge in [-0.05, 0) is 38.0 Å². The number of carbonyl (C=O) groups excluding carboxylic acids is 1. The molecular weight excluding hydrogens is 310 g/mol. The third kappa shape index (κ3) is 3.45.